The van der Waals surface area contributed by atoms with Crippen LogP contribution in [-0.2, 0) is 5.41 Å². The van der Waals surface area contributed by atoms with Gasteiger partial charge in [0.2, 0.25) is 5.88 Å². The minimum atomic E-state index is -0.00859. The second kappa shape index (κ2) is 2.67. The first-order valence-electron chi connectivity index (χ1n) is 4.68. The molecule has 3 heteroatoms. The maximum atomic E-state index is 5.57. The number of aliphatic imine (C=N–C) groups is 1. The van der Waals surface area contributed by atoms with Crippen molar-refractivity contribution in [1.82, 2.24) is 4.98 Å². The van der Waals surface area contributed by atoms with Crippen molar-refractivity contribution in [3.8, 4) is 5.88 Å². The van der Waals surface area contributed by atoms with E-state index in [-0.39, 0.29) is 5.41 Å². The second-order valence-corrected chi connectivity index (χ2v) is 3.65. The van der Waals surface area contributed by atoms with Crippen molar-refractivity contribution in [2.75, 3.05) is 6.61 Å². The van der Waals surface area contributed by atoms with Gasteiger partial charge in [-0.15, -0.1) is 0 Å². The molecule has 1 aromatic heterocycles. The molecule has 3 nitrogen and oxygen atoms in total. The average molecular weight is 186 g/mol. The van der Waals surface area contributed by atoms with Gasteiger partial charge in [0, 0.05) is 24.2 Å². The number of rotatable bonds is 0. The van der Waals surface area contributed by atoms with Gasteiger partial charge >= 0.3 is 0 Å². The van der Waals surface area contributed by atoms with Gasteiger partial charge in [-0.25, -0.2) is 4.98 Å². The number of ether oxygens (including phenoxy) is 1. The van der Waals surface area contributed by atoms with E-state index in [0.717, 1.165) is 12.3 Å². The molecule has 2 aliphatic rings. The summed E-state index contributed by atoms with van der Waals surface area (Å²) in [6.07, 6.45) is 8.56. The van der Waals surface area contributed by atoms with Gasteiger partial charge in [0.25, 0.3) is 0 Å². The highest BCUT2D eigenvalue weighted by Gasteiger charge is 2.39. The molecule has 2 aliphatic heterocycles. The van der Waals surface area contributed by atoms with Crippen LogP contribution in [0.1, 0.15) is 12.0 Å². The summed E-state index contributed by atoms with van der Waals surface area (Å²) in [6, 6.07) is 4.04. The number of aromatic nitrogens is 1. The minimum Gasteiger partial charge on any atom is -0.476 e. The molecule has 0 bridgehead atoms. The highest BCUT2D eigenvalue weighted by atomic mass is 16.5. The molecule has 1 spiro atoms. The lowest BCUT2D eigenvalue weighted by Gasteiger charge is -2.23. The van der Waals surface area contributed by atoms with E-state index in [1.807, 2.05) is 18.5 Å². The van der Waals surface area contributed by atoms with Crippen LogP contribution in [0.4, 0.5) is 0 Å². The molecular weight excluding hydrogens is 176 g/mol. The third-order valence-electron chi connectivity index (χ3n) is 2.81. The van der Waals surface area contributed by atoms with Crippen molar-refractivity contribution in [2.45, 2.75) is 11.8 Å². The Bertz CT molecular complexity index is 425. The Morgan fingerprint density at radius 2 is 2.43 bits per heavy atom. The van der Waals surface area contributed by atoms with Crippen molar-refractivity contribution in [1.29, 1.82) is 0 Å². The molecule has 0 aliphatic carbocycles. The van der Waals surface area contributed by atoms with E-state index in [0.29, 0.717) is 6.61 Å². The molecule has 70 valence electrons. The first kappa shape index (κ1) is 7.74. The summed E-state index contributed by atoms with van der Waals surface area (Å²) in [6.45, 7) is 0.682. The zero-order valence-electron chi connectivity index (χ0n) is 7.68. The van der Waals surface area contributed by atoms with E-state index in [1.54, 1.807) is 6.20 Å². The van der Waals surface area contributed by atoms with Crippen LogP contribution in [0.2, 0.25) is 0 Å². The van der Waals surface area contributed by atoms with Crippen molar-refractivity contribution >= 4 is 6.21 Å². The van der Waals surface area contributed by atoms with Gasteiger partial charge in [-0.1, -0.05) is 12.1 Å². The van der Waals surface area contributed by atoms with E-state index in [1.165, 1.54) is 5.56 Å². The van der Waals surface area contributed by atoms with Crippen molar-refractivity contribution in [3.63, 3.8) is 0 Å². The molecule has 0 aromatic carbocycles. The smallest absolute Gasteiger partial charge is 0.217 e. The van der Waals surface area contributed by atoms with Crippen molar-refractivity contribution < 1.29 is 4.74 Å². The maximum absolute atomic E-state index is 5.57. The Hall–Kier alpha value is -1.64. The van der Waals surface area contributed by atoms with Gasteiger partial charge < -0.3 is 4.74 Å². The Kier molecular flexibility index (Phi) is 1.48. The second-order valence-electron chi connectivity index (χ2n) is 3.65. The van der Waals surface area contributed by atoms with Gasteiger partial charge in [-0.3, -0.25) is 4.99 Å². The number of fused-ring (bicyclic) bond motifs is 2. The van der Waals surface area contributed by atoms with Crippen LogP contribution in [0.15, 0.2) is 35.6 Å². The zero-order chi connectivity index (χ0) is 9.43. The van der Waals surface area contributed by atoms with E-state index in [9.17, 15) is 0 Å². The summed E-state index contributed by atoms with van der Waals surface area (Å²) in [5, 5.41) is 0. The van der Waals surface area contributed by atoms with E-state index >= 15 is 0 Å². The lowest BCUT2D eigenvalue weighted by atomic mass is 9.80. The SMILES string of the molecule is C1=CC2(CC=N1)COc1ncccc12. The monoisotopic (exact) mass is 186 g/mol. The summed E-state index contributed by atoms with van der Waals surface area (Å²) in [4.78, 5) is 8.30. The molecule has 0 saturated heterocycles. The summed E-state index contributed by atoms with van der Waals surface area (Å²) in [5.74, 6) is 0.771. The Balaban J connectivity index is 2.13. The molecule has 0 saturated carbocycles. The van der Waals surface area contributed by atoms with Crippen LogP contribution in [0.25, 0.3) is 0 Å². The topological polar surface area (TPSA) is 34.5 Å². The predicted molar refractivity (Wildman–Crippen MR) is 53.7 cm³/mol. The van der Waals surface area contributed by atoms with Crippen molar-refractivity contribution in [3.05, 3.63) is 36.2 Å². The standard InChI is InChI=1S/C11H10N2O/c1-2-9-10(13-5-1)14-8-11(9)3-6-12-7-4-11/h1-3,5-7H,4,8H2. The number of pyridine rings is 1. The molecule has 1 unspecified atom stereocenters. The molecule has 0 fully saturated rings. The fraction of sp³-hybridized carbons (Fsp3) is 0.273. The molecule has 3 rings (SSSR count). The van der Waals surface area contributed by atoms with Gasteiger partial charge in [-0.05, 0) is 12.5 Å². The first-order chi connectivity index (χ1) is 6.91. The van der Waals surface area contributed by atoms with Gasteiger partial charge in [0.1, 0.15) is 6.61 Å². The van der Waals surface area contributed by atoms with Gasteiger partial charge in [0.15, 0.2) is 0 Å². The molecule has 0 radical (unpaired) electrons. The van der Waals surface area contributed by atoms with Gasteiger partial charge in [0.05, 0.1) is 5.41 Å². The fourth-order valence-electron chi connectivity index (χ4n) is 2.00. The quantitative estimate of drug-likeness (QED) is 0.618. The number of nitrogens with zero attached hydrogens (tertiary/aromatic N) is 2. The van der Waals surface area contributed by atoms with Crippen LogP contribution in [-0.4, -0.2) is 17.8 Å². The third-order valence-corrected chi connectivity index (χ3v) is 2.81. The zero-order valence-corrected chi connectivity index (χ0v) is 7.68. The van der Waals surface area contributed by atoms with Crippen LogP contribution in [0.5, 0.6) is 5.88 Å². The Labute approximate surface area is 82.1 Å². The molecule has 0 amide bonds. The molecule has 0 N–H and O–H groups in total. The fourth-order valence-corrected chi connectivity index (χ4v) is 2.00. The maximum Gasteiger partial charge on any atom is 0.217 e. The first-order valence-corrected chi connectivity index (χ1v) is 4.68. The summed E-state index contributed by atoms with van der Waals surface area (Å²) in [7, 11) is 0. The molecule has 14 heavy (non-hydrogen) atoms. The number of hydrogen-bond acceptors (Lipinski definition) is 3. The lowest BCUT2D eigenvalue weighted by molar-refractivity contribution is 0.292. The van der Waals surface area contributed by atoms with Crippen molar-refractivity contribution in [2.24, 2.45) is 4.99 Å². The molecule has 3 heterocycles. The Morgan fingerprint density at radius 3 is 3.29 bits per heavy atom. The predicted octanol–water partition coefficient (Wildman–Crippen LogP) is 1.70. The third kappa shape index (κ3) is 0.923. The van der Waals surface area contributed by atoms with Crippen LogP contribution in [0.3, 0.4) is 0 Å². The van der Waals surface area contributed by atoms with Gasteiger partial charge in [-0.2, -0.15) is 0 Å². The Morgan fingerprint density at radius 1 is 1.43 bits per heavy atom. The highest BCUT2D eigenvalue weighted by Crippen LogP contribution is 2.41. The lowest BCUT2D eigenvalue weighted by Crippen LogP contribution is -2.27. The van der Waals surface area contributed by atoms with E-state index < -0.39 is 0 Å². The van der Waals surface area contributed by atoms with Crippen LogP contribution < -0.4 is 4.74 Å². The average Bonchev–Trinajstić information content (AvgIpc) is 2.60. The molecule has 1 aromatic rings. The summed E-state index contributed by atoms with van der Waals surface area (Å²) < 4.78 is 5.57. The van der Waals surface area contributed by atoms with E-state index in [4.69, 9.17) is 4.74 Å². The summed E-state index contributed by atoms with van der Waals surface area (Å²) in [5.41, 5.74) is 1.17. The van der Waals surface area contributed by atoms with E-state index in [2.05, 4.69) is 22.1 Å². The van der Waals surface area contributed by atoms with Crippen LogP contribution >= 0.6 is 0 Å². The minimum absolute atomic E-state index is 0.00859. The summed E-state index contributed by atoms with van der Waals surface area (Å²) >= 11 is 0. The molecule has 1 atom stereocenters. The highest BCUT2D eigenvalue weighted by molar-refractivity contribution is 5.65. The molecular formula is C11H10N2O. The number of hydrogen-bond donors (Lipinski definition) is 0. The largest absolute Gasteiger partial charge is 0.476 e. The normalized spacial score (nSPS) is 27.7. The van der Waals surface area contributed by atoms with Crippen LogP contribution in [0, 0.1) is 0 Å².